The third-order valence-electron chi connectivity index (χ3n) is 4.02. The van der Waals surface area contributed by atoms with Crippen LogP contribution in [0.3, 0.4) is 0 Å². The molecule has 2 amide bonds. The SMILES string of the molecule is COc1ccccc1CNC(=O)C(CCSC)NC(=O)COc1ccccc1. The Kier molecular flexibility index (Phi) is 9.21. The van der Waals surface area contributed by atoms with Gasteiger partial charge < -0.3 is 20.1 Å². The maximum atomic E-state index is 12.6. The van der Waals surface area contributed by atoms with Gasteiger partial charge in [-0.2, -0.15) is 11.8 Å². The molecule has 2 aromatic rings. The van der Waals surface area contributed by atoms with Crippen molar-refractivity contribution in [2.45, 2.75) is 19.0 Å². The molecule has 0 aromatic heterocycles. The van der Waals surface area contributed by atoms with E-state index in [-0.39, 0.29) is 18.4 Å². The third-order valence-corrected chi connectivity index (χ3v) is 4.67. The van der Waals surface area contributed by atoms with E-state index in [0.717, 1.165) is 11.3 Å². The normalized spacial score (nSPS) is 11.4. The number of nitrogens with one attached hydrogen (secondary N) is 2. The van der Waals surface area contributed by atoms with Gasteiger partial charge in [0.1, 0.15) is 17.5 Å². The zero-order chi connectivity index (χ0) is 20.2. The molecule has 0 saturated carbocycles. The molecule has 0 fully saturated rings. The monoisotopic (exact) mass is 402 g/mol. The molecule has 2 rings (SSSR count). The van der Waals surface area contributed by atoms with Crippen molar-refractivity contribution in [1.29, 1.82) is 0 Å². The maximum absolute atomic E-state index is 12.6. The lowest BCUT2D eigenvalue weighted by molar-refractivity contribution is -0.130. The minimum atomic E-state index is -0.617. The summed E-state index contributed by atoms with van der Waals surface area (Å²) in [5.41, 5.74) is 0.876. The van der Waals surface area contributed by atoms with Crippen molar-refractivity contribution in [3.05, 3.63) is 60.2 Å². The smallest absolute Gasteiger partial charge is 0.258 e. The van der Waals surface area contributed by atoms with Gasteiger partial charge in [-0.15, -0.1) is 0 Å². The third kappa shape index (κ3) is 7.15. The summed E-state index contributed by atoms with van der Waals surface area (Å²) in [5, 5.41) is 5.64. The molecular weight excluding hydrogens is 376 g/mol. The second-order valence-corrected chi connectivity index (χ2v) is 7.02. The highest BCUT2D eigenvalue weighted by atomic mass is 32.2. The van der Waals surface area contributed by atoms with Crippen molar-refractivity contribution >= 4 is 23.6 Å². The Morgan fingerprint density at radius 2 is 1.79 bits per heavy atom. The van der Waals surface area contributed by atoms with E-state index >= 15 is 0 Å². The van der Waals surface area contributed by atoms with Crippen LogP contribution in [0.2, 0.25) is 0 Å². The van der Waals surface area contributed by atoms with Crippen LogP contribution >= 0.6 is 11.8 Å². The summed E-state index contributed by atoms with van der Waals surface area (Å²) in [6.45, 7) is 0.189. The molecule has 0 saturated heterocycles. The van der Waals surface area contributed by atoms with Crippen molar-refractivity contribution in [3.8, 4) is 11.5 Å². The quantitative estimate of drug-likeness (QED) is 0.604. The molecule has 0 radical (unpaired) electrons. The zero-order valence-electron chi connectivity index (χ0n) is 16.1. The molecule has 2 aromatic carbocycles. The lowest BCUT2D eigenvalue weighted by Crippen LogP contribution is -2.48. The van der Waals surface area contributed by atoms with Crippen molar-refractivity contribution in [1.82, 2.24) is 10.6 Å². The van der Waals surface area contributed by atoms with E-state index < -0.39 is 6.04 Å². The molecule has 0 heterocycles. The highest BCUT2D eigenvalue weighted by Crippen LogP contribution is 2.16. The van der Waals surface area contributed by atoms with Crippen LogP contribution < -0.4 is 20.1 Å². The molecule has 0 spiro atoms. The molecule has 28 heavy (non-hydrogen) atoms. The van der Waals surface area contributed by atoms with Crippen LogP contribution in [0.4, 0.5) is 0 Å². The first kappa shape index (κ1) is 21.6. The second-order valence-electron chi connectivity index (χ2n) is 6.03. The van der Waals surface area contributed by atoms with E-state index in [4.69, 9.17) is 9.47 Å². The number of rotatable bonds is 11. The number of hydrogen-bond donors (Lipinski definition) is 2. The molecule has 150 valence electrons. The minimum absolute atomic E-state index is 0.139. The Bertz CT molecular complexity index is 755. The van der Waals surface area contributed by atoms with E-state index in [2.05, 4.69) is 10.6 Å². The van der Waals surface area contributed by atoms with Crippen molar-refractivity contribution in [2.75, 3.05) is 25.7 Å². The molecule has 0 aliphatic rings. The molecule has 0 aliphatic carbocycles. The first-order valence-electron chi connectivity index (χ1n) is 8.99. The van der Waals surface area contributed by atoms with Gasteiger partial charge in [0.25, 0.3) is 5.91 Å². The van der Waals surface area contributed by atoms with E-state index in [0.29, 0.717) is 24.5 Å². The van der Waals surface area contributed by atoms with Gasteiger partial charge in [0.2, 0.25) is 5.91 Å². The van der Waals surface area contributed by atoms with Gasteiger partial charge in [0.05, 0.1) is 7.11 Å². The Balaban J connectivity index is 1.89. The van der Waals surface area contributed by atoms with E-state index in [1.165, 1.54) is 0 Å². The molecule has 1 unspecified atom stereocenters. The Hall–Kier alpha value is -2.67. The van der Waals surface area contributed by atoms with Crippen LogP contribution in [0.25, 0.3) is 0 Å². The highest BCUT2D eigenvalue weighted by molar-refractivity contribution is 7.98. The average Bonchev–Trinajstić information content (AvgIpc) is 2.74. The van der Waals surface area contributed by atoms with Gasteiger partial charge in [-0.3, -0.25) is 9.59 Å². The van der Waals surface area contributed by atoms with Crippen molar-refractivity contribution in [2.24, 2.45) is 0 Å². The lowest BCUT2D eigenvalue weighted by atomic mass is 10.1. The van der Waals surface area contributed by atoms with Crippen molar-refractivity contribution in [3.63, 3.8) is 0 Å². The van der Waals surface area contributed by atoms with Crippen LogP contribution in [-0.4, -0.2) is 43.6 Å². The fourth-order valence-electron chi connectivity index (χ4n) is 2.56. The standard InChI is InChI=1S/C21H26N2O4S/c1-26-19-11-7-6-8-16(19)14-22-21(25)18(12-13-28-2)23-20(24)15-27-17-9-4-3-5-10-17/h3-11,18H,12-15H2,1-2H3,(H,22,25)(H,23,24). The van der Waals surface area contributed by atoms with Gasteiger partial charge in [-0.25, -0.2) is 0 Å². The molecule has 0 aliphatic heterocycles. The number of benzene rings is 2. The predicted octanol–water partition coefficient (Wildman–Crippen LogP) is 2.63. The number of amides is 2. The average molecular weight is 403 g/mol. The topological polar surface area (TPSA) is 76.7 Å². The second kappa shape index (κ2) is 11.9. The molecule has 2 N–H and O–H groups in total. The predicted molar refractivity (Wildman–Crippen MR) is 112 cm³/mol. The zero-order valence-corrected chi connectivity index (χ0v) is 17.0. The summed E-state index contributed by atoms with van der Waals surface area (Å²) >= 11 is 1.62. The lowest BCUT2D eigenvalue weighted by Gasteiger charge is -2.19. The van der Waals surface area contributed by atoms with Gasteiger partial charge in [-0.05, 0) is 36.6 Å². The van der Waals surface area contributed by atoms with E-state index in [9.17, 15) is 9.59 Å². The first-order valence-corrected chi connectivity index (χ1v) is 10.4. The van der Waals surface area contributed by atoms with Gasteiger partial charge in [0.15, 0.2) is 6.61 Å². The molecule has 0 bridgehead atoms. The number of carbonyl (C=O) groups is 2. The Morgan fingerprint density at radius 3 is 2.50 bits per heavy atom. The summed E-state index contributed by atoms with van der Waals surface area (Å²) < 4.78 is 10.7. The number of ether oxygens (including phenoxy) is 2. The largest absolute Gasteiger partial charge is 0.496 e. The summed E-state index contributed by atoms with van der Waals surface area (Å²) in [6, 6.07) is 16.0. The molecule has 7 heteroatoms. The summed E-state index contributed by atoms with van der Waals surface area (Å²) in [6.07, 6.45) is 2.50. The molecule has 1 atom stereocenters. The number of methoxy groups -OCH3 is 1. The van der Waals surface area contributed by atoms with Crippen molar-refractivity contribution < 1.29 is 19.1 Å². The van der Waals surface area contributed by atoms with Crippen LogP contribution in [-0.2, 0) is 16.1 Å². The number of carbonyl (C=O) groups excluding carboxylic acids is 2. The fourth-order valence-corrected chi connectivity index (χ4v) is 3.03. The number of thioether (sulfide) groups is 1. The summed E-state index contributed by atoms with van der Waals surface area (Å²) in [4.78, 5) is 24.8. The van der Waals surface area contributed by atoms with Crippen LogP contribution in [0.15, 0.2) is 54.6 Å². The first-order chi connectivity index (χ1) is 13.6. The van der Waals surface area contributed by atoms with Gasteiger partial charge in [0, 0.05) is 12.1 Å². The summed E-state index contributed by atoms with van der Waals surface area (Å²) in [7, 11) is 1.59. The van der Waals surface area contributed by atoms with Gasteiger partial charge >= 0.3 is 0 Å². The number of hydrogen-bond acceptors (Lipinski definition) is 5. The Morgan fingerprint density at radius 1 is 1.07 bits per heavy atom. The Labute approximate surface area is 170 Å². The van der Waals surface area contributed by atoms with E-state index in [1.54, 1.807) is 31.0 Å². The summed E-state index contributed by atoms with van der Waals surface area (Å²) in [5.74, 6) is 1.52. The minimum Gasteiger partial charge on any atom is -0.496 e. The molecular formula is C21H26N2O4S. The van der Waals surface area contributed by atoms with E-state index in [1.807, 2.05) is 48.7 Å². The molecule has 6 nitrogen and oxygen atoms in total. The number of para-hydroxylation sites is 2. The van der Waals surface area contributed by atoms with Crippen LogP contribution in [0.5, 0.6) is 11.5 Å². The van der Waals surface area contributed by atoms with Gasteiger partial charge in [-0.1, -0.05) is 36.4 Å². The maximum Gasteiger partial charge on any atom is 0.258 e. The fraction of sp³-hybridized carbons (Fsp3) is 0.333. The van der Waals surface area contributed by atoms with Crippen LogP contribution in [0.1, 0.15) is 12.0 Å². The highest BCUT2D eigenvalue weighted by Gasteiger charge is 2.20. The van der Waals surface area contributed by atoms with Crippen LogP contribution in [0, 0.1) is 0 Å².